The van der Waals surface area contributed by atoms with Crippen molar-refractivity contribution in [1.82, 2.24) is 10.2 Å². The van der Waals surface area contributed by atoms with Gasteiger partial charge in [-0.3, -0.25) is 4.79 Å². The molecule has 1 aromatic rings. The van der Waals surface area contributed by atoms with Gasteiger partial charge in [0.2, 0.25) is 0 Å². The van der Waals surface area contributed by atoms with Crippen molar-refractivity contribution in [1.29, 1.82) is 0 Å². The minimum absolute atomic E-state index is 0.0526. The first-order chi connectivity index (χ1) is 11.4. The first-order valence-electron chi connectivity index (χ1n) is 7.37. The molecular formula is C15H15F3N2O4. The largest absolute Gasteiger partial charge is 0.447 e. The number of carbonyl (C=O) groups excluding carboxylic acids is 2. The fraction of sp³-hybridized carbons (Fsp3) is 0.467. The zero-order valence-electron chi connectivity index (χ0n) is 12.6. The quantitative estimate of drug-likeness (QED) is 0.912. The number of rotatable bonds is 3. The molecule has 2 amide bonds. The van der Waals surface area contributed by atoms with Gasteiger partial charge in [0.1, 0.15) is 6.61 Å². The second kappa shape index (κ2) is 6.21. The Balaban J connectivity index is 1.65. The number of piperidine rings is 1. The van der Waals surface area contributed by atoms with Crippen molar-refractivity contribution in [2.24, 2.45) is 0 Å². The number of nitrogens with one attached hydrogen (secondary N) is 1. The Morgan fingerprint density at radius 3 is 2.58 bits per heavy atom. The molecule has 0 radical (unpaired) electrons. The number of likely N-dealkylation sites (tertiary alicyclic amines) is 1. The fourth-order valence-corrected chi connectivity index (χ4v) is 2.91. The van der Waals surface area contributed by atoms with Crippen LogP contribution < -0.4 is 10.1 Å². The lowest BCUT2D eigenvalue weighted by Crippen LogP contribution is -2.53. The highest BCUT2D eigenvalue weighted by atomic mass is 19.3. The van der Waals surface area contributed by atoms with Gasteiger partial charge in [0, 0.05) is 18.7 Å². The number of amides is 2. The highest BCUT2D eigenvalue weighted by Crippen LogP contribution is 2.28. The summed E-state index contributed by atoms with van der Waals surface area (Å²) in [6, 6.07) is 3.13. The Kier molecular flexibility index (Phi) is 4.25. The third-order valence-corrected chi connectivity index (χ3v) is 4.25. The maximum Gasteiger partial charge on any atom is 0.407 e. The van der Waals surface area contributed by atoms with Crippen molar-refractivity contribution in [3.63, 3.8) is 0 Å². The van der Waals surface area contributed by atoms with E-state index in [1.165, 1.54) is 11.0 Å². The van der Waals surface area contributed by atoms with Crippen LogP contribution in [0.2, 0.25) is 0 Å². The summed E-state index contributed by atoms with van der Waals surface area (Å²) in [7, 11) is 0. The van der Waals surface area contributed by atoms with Gasteiger partial charge in [-0.05, 0) is 31.0 Å². The highest BCUT2D eigenvalue weighted by Gasteiger charge is 2.42. The third kappa shape index (κ3) is 3.24. The first kappa shape index (κ1) is 16.4. The monoisotopic (exact) mass is 344 g/mol. The number of ether oxygens (including phenoxy) is 2. The van der Waals surface area contributed by atoms with Crippen molar-refractivity contribution in [3.8, 4) is 5.75 Å². The van der Waals surface area contributed by atoms with Crippen molar-refractivity contribution in [2.75, 3.05) is 19.7 Å². The summed E-state index contributed by atoms with van der Waals surface area (Å²) in [6.07, 6.45) is 0.588. The van der Waals surface area contributed by atoms with Gasteiger partial charge in [-0.1, -0.05) is 0 Å². The van der Waals surface area contributed by atoms with Crippen LogP contribution in [0.3, 0.4) is 0 Å². The second-order valence-corrected chi connectivity index (χ2v) is 5.80. The van der Waals surface area contributed by atoms with E-state index in [9.17, 15) is 22.8 Å². The minimum atomic E-state index is -3.14. The molecule has 6 nitrogen and oxygen atoms in total. The molecule has 2 saturated heterocycles. The molecule has 0 saturated carbocycles. The summed E-state index contributed by atoms with van der Waals surface area (Å²) in [4.78, 5) is 25.1. The smallest absolute Gasteiger partial charge is 0.407 e. The Morgan fingerprint density at radius 1 is 1.33 bits per heavy atom. The number of nitrogens with zero attached hydrogens (tertiary/aromatic N) is 1. The Labute approximate surface area is 135 Å². The lowest BCUT2D eigenvalue weighted by molar-refractivity contribution is -0.0521. The molecule has 2 fully saturated rings. The average molecular weight is 344 g/mol. The van der Waals surface area contributed by atoms with Gasteiger partial charge in [0.05, 0.1) is 5.54 Å². The average Bonchev–Trinajstić information content (AvgIpc) is 2.90. The third-order valence-electron chi connectivity index (χ3n) is 4.25. The van der Waals surface area contributed by atoms with Crippen molar-refractivity contribution in [3.05, 3.63) is 29.6 Å². The van der Waals surface area contributed by atoms with Crippen LogP contribution in [-0.4, -0.2) is 48.7 Å². The zero-order valence-corrected chi connectivity index (χ0v) is 12.6. The zero-order chi connectivity index (χ0) is 17.3. The lowest BCUT2D eigenvalue weighted by atomic mass is 9.89. The number of benzene rings is 1. The number of carbonyl (C=O) groups is 2. The topological polar surface area (TPSA) is 67.9 Å². The molecule has 0 bridgehead atoms. The predicted octanol–water partition coefficient (Wildman–Crippen LogP) is 2.14. The van der Waals surface area contributed by atoms with E-state index >= 15 is 0 Å². The molecule has 1 N–H and O–H groups in total. The fourth-order valence-electron chi connectivity index (χ4n) is 2.91. The Bertz CT molecular complexity index is 660. The minimum Gasteiger partial charge on any atom is -0.447 e. The molecule has 0 aliphatic carbocycles. The molecular weight excluding hydrogens is 329 g/mol. The standard InChI is InChI=1S/C15H15F3N2O4/c16-10-7-9(1-2-11(10)24-13(17)18)12(21)20-5-3-15(4-6-20)8-23-14(22)19-15/h1-2,7,13H,3-6,8H2,(H,19,22). The molecule has 2 aliphatic rings. The molecule has 3 rings (SSSR count). The van der Waals surface area contributed by atoms with E-state index in [1.807, 2.05) is 0 Å². The predicted molar refractivity (Wildman–Crippen MR) is 75.4 cm³/mol. The van der Waals surface area contributed by atoms with Gasteiger partial charge in [-0.2, -0.15) is 8.78 Å². The number of hydrogen-bond acceptors (Lipinski definition) is 4. The number of hydrogen-bond donors (Lipinski definition) is 1. The molecule has 2 heterocycles. The molecule has 24 heavy (non-hydrogen) atoms. The molecule has 130 valence electrons. The van der Waals surface area contributed by atoms with Gasteiger partial charge < -0.3 is 19.7 Å². The summed E-state index contributed by atoms with van der Waals surface area (Å²) >= 11 is 0. The van der Waals surface area contributed by atoms with Crippen LogP contribution in [0.15, 0.2) is 18.2 Å². The number of alkyl halides is 2. The molecule has 1 aromatic carbocycles. The SMILES string of the molecule is O=C1NC2(CCN(C(=O)c3ccc(OC(F)F)c(F)c3)CC2)CO1. The van der Waals surface area contributed by atoms with E-state index in [0.717, 1.165) is 12.1 Å². The van der Waals surface area contributed by atoms with E-state index in [0.29, 0.717) is 25.9 Å². The Morgan fingerprint density at radius 2 is 2.04 bits per heavy atom. The molecule has 9 heteroatoms. The van der Waals surface area contributed by atoms with Crippen LogP contribution in [0.25, 0.3) is 0 Å². The second-order valence-electron chi connectivity index (χ2n) is 5.80. The van der Waals surface area contributed by atoms with E-state index in [4.69, 9.17) is 4.74 Å². The summed E-state index contributed by atoms with van der Waals surface area (Å²) in [6.45, 7) is -2.12. The van der Waals surface area contributed by atoms with Crippen molar-refractivity contribution >= 4 is 12.0 Å². The van der Waals surface area contributed by atoms with E-state index in [1.54, 1.807) is 0 Å². The molecule has 0 aromatic heterocycles. The summed E-state index contributed by atoms with van der Waals surface area (Å²) in [5.41, 5.74) is -0.398. The summed E-state index contributed by atoms with van der Waals surface area (Å²) in [5, 5.41) is 2.76. The lowest BCUT2D eigenvalue weighted by Gasteiger charge is -2.37. The van der Waals surface area contributed by atoms with Crippen LogP contribution in [0, 0.1) is 5.82 Å². The van der Waals surface area contributed by atoms with Crippen LogP contribution >= 0.6 is 0 Å². The van der Waals surface area contributed by atoms with Crippen LogP contribution in [0.5, 0.6) is 5.75 Å². The van der Waals surface area contributed by atoms with Gasteiger partial charge in [0.15, 0.2) is 11.6 Å². The van der Waals surface area contributed by atoms with Crippen molar-refractivity contribution < 1.29 is 32.2 Å². The van der Waals surface area contributed by atoms with E-state index < -0.39 is 35.7 Å². The van der Waals surface area contributed by atoms with E-state index in [2.05, 4.69) is 10.1 Å². The summed E-state index contributed by atoms with van der Waals surface area (Å²) < 4.78 is 46.9. The number of cyclic esters (lactones) is 1. The van der Waals surface area contributed by atoms with Gasteiger partial charge in [-0.15, -0.1) is 0 Å². The van der Waals surface area contributed by atoms with Crippen LogP contribution in [0.1, 0.15) is 23.2 Å². The van der Waals surface area contributed by atoms with Gasteiger partial charge in [-0.25, -0.2) is 9.18 Å². The molecule has 0 unspecified atom stereocenters. The first-order valence-corrected chi connectivity index (χ1v) is 7.37. The van der Waals surface area contributed by atoms with Crippen molar-refractivity contribution in [2.45, 2.75) is 25.0 Å². The van der Waals surface area contributed by atoms with Crippen LogP contribution in [0.4, 0.5) is 18.0 Å². The summed E-state index contributed by atoms with van der Waals surface area (Å²) in [5.74, 6) is -2.03. The maximum absolute atomic E-state index is 13.7. The number of alkyl carbamates (subject to hydrolysis) is 1. The highest BCUT2D eigenvalue weighted by molar-refractivity contribution is 5.94. The van der Waals surface area contributed by atoms with E-state index in [-0.39, 0.29) is 12.2 Å². The normalized spacial score (nSPS) is 19.3. The molecule has 2 aliphatic heterocycles. The van der Waals surface area contributed by atoms with Gasteiger partial charge in [0.25, 0.3) is 5.91 Å². The van der Waals surface area contributed by atoms with Gasteiger partial charge >= 0.3 is 12.7 Å². The molecule has 1 spiro atoms. The molecule has 0 atom stereocenters. The maximum atomic E-state index is 13.7. The van der Waals surface area contributed by atoms with Crippen LogP contribution in [-0.2, 0) is 4.74 Å². The Hall–Kier alpha value is -2.45. The number of halogens is 3.